The van der Waals surface area contributed by atoms with Gasteiger partial charge in [0.2, 0.25) is 11.8 Å². The first-order valence-corrected chi connectivity index (χ1v) is 13.1. The van der Waals surface area contributed by atoms with E-state index in [-0.39, 0.29) is 55.5 Å². The van der Waals surface area contributed by atoms with Crippen molar-refractivity contribution in [2.45, 2.75) is 75.2 Å². The third-order valence-electron chi connectivity index (χ3n) is 7.82. The van der Waals surface area contributed by atoms with Gasteiger partial charge in [-0.3, -0.25) is 4.79 Å². The van der Waals surface area contributed by atoms with Crippen LogP contribution in [0.5, 0.6) is 0 Å². The number of hydrogen-bond acceptors (Lipinski definition) is 6. The lowest BCUT2D eigenvalue weighted by Crippen LogP contribution is -2.40. The number of carbonyl (C=O) groups is 2. The van der Waals surface area contributed by atoms with Gasteiger partial charge in [0.15, 0.2) is 5.58 Å². The number of halogens is 5. The van der Waals surface area contributed by atoms with Gasteiger partial charge in [0.1, 0.15) is 29.4 Å². The van der Waals surface area contributed by atoms with Crippen LogP contribution in [-0.4, -0.2) is 51.7 Å². The van der Waals surface area contributed by atoms with E-state index in [1.807, 2.05) is 5.32 Å². The lowest BCUT2D eigenvalue weighted by molar-refractivity contribution is -0.149. The molecule has 2 aromatic heterocycles. The van der Waals surface area contributed by atoms with Crippen LogP contribution in [0.15, 0.2) is 33.4 Å². The summed E-state index contributed by atoms with van der Waals surface area (Å²) in [5.41, 5.74) is 2.09. The highest BCUT2D eigenvalue weighted by Gasteiger charge is 2.47. The molecular formula is C26H26F5N5O4. The molecule has 9 nitrogen and oxygen atoms in total. The lowest BCUT2D eigenvalue weighted by atomic mass is 9.82. The highest BCUT2D eigenvalue weighted by Crippen LogP contribution is 2.43. The van der Waals surface area contributed by atoms with Crippen LogP contribution >= 0.6 is 0 Å². The Kier molecular flexibility index (Phi) is 6.45. The molecule has 2 N–H and O–H groups in total. The molecule has 40 heavy (non-hydrogen) atoms. The number of nitrogens with zero attached hydrogens (tertiary/aromatic N) is 3. The Labute approximate surface area is 224 Å². The van der Waals surface area contributed by atoms with E-state index in [9.17, 15) is 31.5 Å². The Morgan fingerprint density at radius 2 is 1.95 bits per heavy atom. The van der Waals surface area contributed by atoms with Gasteiger partial charge in [-0.05, 0) is 49.3 Å². The fraction of sp³-hybridized carbons (Fsp3) is 0.538. The third-order valence-corrected chi connectivity index (χ3v) is 7.82. The number of hydrogen-bond donors (Lipinski definition) is 2. The number of amides is 3. The van der Waals surface area contributed by atoms with Crippen LogP contribution in [-0.2, 0) is 6.54 Å². The normalized spacial score (nSPS) is 22.5. The van der Waals surface area contributed by atoms with E-state index in [1.165, 1.54) is 6.26 Å². The van der Waals surface area contributed by atoms with Gasteiger partial charge in [0, 0.05) is 25.3 Å². The van der Waals surface area contributed by atoms with E-state index in [1.54, 1.807) is 18.2 Å². The molecule has 214 valence electrons. The summed E-state index contributed by atoms with van der Waals surface area (Å²) in [6.07, 6.45) is -1.85. The Bertz CT molecular complexity index is 1420. The highest BCUT2D eigenvalue weighted by atomic mass is 19.4. The minimum Gasteiger partial charge on any atom is -0.438 e. The quantitative estimate of drug-likeness (QED) is 0.368. The molecule has 1 aliphatic heterocycles. The molecule has 3 fully saturated rings. The standard InChI is InChI=1S/C26H26F5N5O4/c27-25(28)7-5-15(6-8-25)21(34-22(37)16-12-39-35-20(16)14-2-3-14)23-32-17-9-13(1-4-18(17)40-23)10-36-11-19(26(29,30)31)33-24(36)38/h1,4,9,12,14-15,19,21H,2-3,5-8,10-11H2,(H,33,38)(H,34,37)/t19-,21-/m0/s1. The van der Waals surface area contributed by atoms with Crippen LogP contribution in [0.1, 0.15) is 78.0 Å². The number of nitrogens with one attached hydrogen (secondary N) is 2. The monoisotopic (exact) mass is 567 g/mol. The molecule has 3 aliphatic rings. The van der Waals surface area contributed by atoms with Crippen LogP contribution in [0.3, 0.4) is 0 Å². The van der Waals surface area contributed by atoms with E-state index in [4.69, 9.17) is 8.94 Å². The predicted octanol–water partition coefficient (Wildman–Crippen LogP) is 5.45. The summed E-state index contributed by atoms with van der Waals surface area (Å²) in [5.74, 6) is -3.32. The third kappa shape index (κ3) is 5.35. The predicted molar refractivity (Wildman–Crippen MR) is 128 cm³/mol. The first-order valence-electron chi connectivity index (χ1n) is 13.1. The summed E-state index contributed by atoms with van der Waals surface area (Å²) in [6, 6.07) is 1.21. The largest absolute Gasteiger partial charge is 0.438 e. The van der Waals surface area contributed by atoms with Crippen molar-refractivity contribution in [3.63, 3.8) is 0 Å². The van der Waals surface area contributed by atoms with Crippen molar-refractivity contribution < 1.29 is 40.5 Å². The molecule has 0 spiro atoms. The molecule has 1 saturated heterocycles. The number of alkyl halides is 5. The van der Waals surface area contributed by atoms with Gasteiger partial charge in [-0.15, -0.1) is 0 Å². The fourth-order valence-electron chi connectivity index (χ4n) is 5.42. The molecule has 1 aromatic carbocycles. The molecule has 3 amide bonds. The Morgan fingerprint density at radius 1 is 1.20 bits per heavy atom. The topological polar surface area (TPSA) is 114 Å². The van der Waals surface area contributed by atoms with Crippen molar-refractivity contribution in [3.05, 3.63) is 47.2 Å². The molecule has 0 unspecified atom stereocenters. The van der Waals surface area contributed by atoms with Crippen LogP contribution in [0.4, 0.5) is 26.7 Å². The summed E-state index contributed by atoms with van der Waals surface area (Å²) in [4.78, 5) is 30.9. The second-order valence-corrected chi connectivity index (χ2v) is 10.8. The van der Waals surface area contributed by atoms with Gasteiger partial charge < -0.3 is 24.5 Å². The SMILES string of the molecule is O=C(N[C@H](c1nc2cc(CN3C[C@@H](C(F)(F)F)NC3=O)ccc2o1)C1CCC(F)(F)CC1)c1conc1C1CC1. The maximum atomic E-state index is 13.9. The van der Waals surface area contributed by atoms with Crippen molar-refractivity contribution >= 4 is 23.0 Å². The zero-order valence-corrected chi connectivity index (χ0v) is 21.1. The minimum atomic E-state index is -4.55. The average Bonchev–Trinajstić information content (AvgIpc) is 3.28. The van der Waals surface area contributed by atoms with Crippen LogP contribution in [0, 0.1) is 5.92 Å². The Hall–Kier alpha value is -3.71. The van der Waals surface area contributed by atoms with E-state index in [0.717, 1.165) is 17.7 Å². The number of benzene rings is 1. The summed E-state index contributed by atoms with van der Waals surface area (Å²) in [5, 5.41) is 8.79. The number of aromatic nitrogens is 2. The highest BCUT2D eigenvalue weighted by molar-refractivity contribution is 5.95. The van der Waals surface area contributed by atoms with Crippen molar-refractivity contribution in [3.8, 4) is 0 Å². The molecule has 0 radical (unpaired) electrons. The summed E-state index contributed by atoms with van der Waals surface area (Å²) >= 11 is 0. The number of carbonyl (C=O) groups excluding carboxylic acids is 2. The molecule has 3 aromatic rings. The summed E-state index contributed by atoms with van der Waals surface area (Å²) in [6.45, 7) is -0.595. The molecular weight excluding hydrogens is 541 g/mol. The fourth-order valence-corrected chi connectivity index (χ4v) is 5.42. The first-order chi connectivity index (χ1) is 19.0. The molecule has 3 heterocycles. The number of fused-ring (bicyclic) bond motifs is 1. The maximum Gasteiger partial charge on any atom is 0.410 e. The van der Waals surface area contributed by atoms with Gasteiger partial charge >= 0.3 is 12.2 Å². The van der Waals surface area contributed by atoms with Crippen molar-refractivity contribution in [1.29, 1.82) is 0 Å². The zero-order valence-electron chi connectivity index (χ0n) is 21.1. The van der Waals surface area contributed by atoms with Crippen molar-refractivity contribution in [2.75, 3.05) is 6.54 Å². The number of rotatable bonds is 7. The van der Waals surface area contributed by atoms with Crippen molar-refractivity contribution in [2.24, 2.45) is 5.92 Å². The van der Waals surface area contributed by atoms with Crippen LogP contribution in [0.25, 0.3) is 11.1 Å². The second kappa shape index (κ2) is 9.73. The second-order valence-electron chi connectivity index (χ2n) is 10.8. The first kappa shape index (κ1) is 26.5. The molecule has 0 bridgehead atoms. The summed E-state index contributed by atoms with van der Waals surface area (Å²) in [7, 11) is 0. The average molecular weight is 568 g/mol. The van der Waals surface area contributed by atoms with Crippen LogP contribution in [0.2, 0.25) is 0 Å². The number of oxazole rings is 1. The summed E-state index contributed by atoms with van der Waals surface area (Å²) < 4.78 is 77.9. The minimum absolute atomic E-state index is 0.0775. The van der Waals surface area contributed by atoms with Gasteiger partial charge in [-0.2, -0.15) is 13.2 Å². The van der Waals surface area contributed by atoms with E-state index < -0.39 is 42.7 Å². The lowest BCUT2D eigenvalue weighted by Gasteiger charge is -2.32. The van der Waals surface area contributed by atoms with Gasteiger partial charge in [0.05, 0.1) is 12.2 Å². The Morgan fingerprint density at radius 3 is 2.62 bits per heavy atom. The molecule has 2 aliphatic carbocycles. The van der Waals surface area contributed by atoms with E-state index >= 15 is 0 Å². The zero-order chi connectivity index (χ0) is 28.2. The van der Waals surface area contributed by atoms with Gasteiger partial charge in [-0.1, -0.05) is 11.2 Å². The van der Waals surface area contributed by atoms with Crippen LogP contribution < -0.4 is 10.6 Å². The molecule has 2 atom stereocenters. The molecule has 2 saturated carbocycles. The number of urea groups is 1. The maximum absolute atomic E-state index is 13.9. The molecule has 6 rings (SSSR count). The van der Waals surface area contributed by atoms with Gasteiger partial charge in [-0.25, -0.2) is 18.6 Å². The molecule has 14 heteroatoms. The van der Waals surface area contributed by atoms with E-state index in [2.05, 4.69) is 15.5 Å². The van der Waals surface area contributed by atoms with Crippen molar-refractivity contribution in [1.82, 2.24) is 25.7 Å². The Balaban J connectivity index is 1.24. The smallest absolute Gasteiger partial charge is 0.410 e. The van der Waals surface area contributed by atoms with Gasteiger partial charge in [0.25, 0.3) is 5.91 Å². The van der Waals surface area contributed by atoms with E-state index in [0.29, 0.717) is 22.4 Å².